The van der Waals surface area contributed by atoms with Gasteiger partial charge in [0.15, 0.2) is 6.61 Å². The molecule has 2 aromatic rings. The maximum atomic E-state index is 11.9. The molecule has 2 rings (SSSR count). The summed E-state index contributed by atoms with van der Waals surface area (Å²) in [6.07, 6.45) is 0.458. The molecular formula is C19H21NO4. The Kier molecular flexibility index (Phi) is 5.95. The van der Waals surface area contributed by atoms with Crippen molar-refractivity contribution < 1.29 is 19.4 Å². The fourth-order valence-corrected chi connectivity index (χ4v) is 2.22. The normalized spacial score (nSPS) is 11.6. The van der Waals surface area contributed by atoms with Crippen LogP contribution in [0, 0.1) is 12.8 Å². The highest BCUT2D eigenvalue weighted by atomic mass is 16.5. The second-order valence-electron chi connectivity index (χ2n) is 5.79. The van der Waals surface area contributed by atoms with Crippen LogP contribution >= 0.6 is 0 Å². The minimum absolute atomic E-state index is 0.0682. The lowest BCUT2D eigenvalue weighted by molar-refractivity contribution is -0.141. The molecule has 0 bridgehead atoms. The molecule has 0 aliphatic rings. The van der Waals surface area contributed by atoms with Gasteiger partial charge in [0.1, 0.15) is 5.75 Å². The largest absolute Gasteiger partial charge is 0.484 e. The summed E-state index contributed by atoms with van der Waals surface area (Å²) < 4.78 is 5.45. The number of amides is 1. The van der Waals surface area contributed by atoms with Crippen molar-refractivity contribution in [3.05, 3.63) is 59.7 Å². The molecule has 2 aromatic carbocycles. The van der Waals surface area contributed by atoms with E-state index < -0.39 is 11.9 Å². The van der Waals surface area contributed by atoms with Crippen LogP contribution in [-0.2, 0) is 16.0 Å². The van der Waals surface area contributed by atoms with Crippen molar-refractivity contribution in [3.63, 3.8) is 0 Å². The number of rotatable bonds is 7. The van der Waals surface area contributed by atoms with Gasteiger partial charge in [-0.1, -0.05) is 31.2 Å². The zero-order valence-electron chi connectivity index (χ0n) is 13.8. The molecule has 0 saturated heterocycles. The van der Waals surface area contributed by atoms with Crippen LogP contribution in [0.5, 0.6) is 5.75 Å². The molecule has 5 heteroatoms. The summed E-state index contributed by atoms with van der Waals surface area (Å²) in [7, 11) is 0. The highest BCUT2D eigenvalue weighted by Crippen LogP contribution is 2.15. The van der Waals surface area contributed by atoms with E-state index in [0.717, 1.165) is 11.1 Å². The zero-order valence-corrected chi connectivity index (χ0v) is 13.8. The monoisotopic (exact) mass is 327 g/mol. The average molecular weight is 327 g/mol. The van der Waals surface area contributed by atoms with E-state index in [4.69, 9.17) is 9.84 Å². The average Bonchev–Trinajstić information content (AvgIpc) is 2.55. The van der Waals surface area contributed by atoms with Crippen LogP contribution in [0.3, 0.4) is 0 Å². The van der Waals surface area contributed by atoms with Gasteiger partial charge in [-0.2, -0.15) is 0 Å². The van der Waals surface area contributed by atoms with Gasteiger partial charge in [0.2, 0.25) is 0 Å². The standard InChI is InChI=1S/C19H21NO4/c1-13-4-3-5-17(10-13)24-12-18(21)20-16-8-6-15(7-9-16)11-14(2)19(22)23/h3-10,14H,11-12H2,1-2H3,(H,20,21)(H,22,23). The first-order chi connectivity index (χ1) is 11.4. The summed E-state index contributed by atoms with van der Waals surface area (Å²) in [5, 5.41) is 11.7. The van der Waals surface area contributed by atoms with Crippen LogP contribution in [0.15, 0.2) is 48.5 Å². The molecule has 0 saturated carbocycles. The predicted molar refractivity (Wildman–Crippen MR) is 92.2 cm³/mol. The lowest BCUT2D eigenvalue weighted by atomic mass is 10.0. The van der Waals surface area contributed by atoms with Gasteiger partial charge >= 0.3 is 5.97 Å². The van der Waals surface area contributed by atoms with E-state index in [9.17, 15) is 9.59 Å². The molecule has 5 nitrogen and oxygen atoms in total. The quantitative estimate of drug-likeness (QED) is 0.818. The number of hydrogen-bond acceptors (Lipinski definition) is 3. The van der Waals surface area contributed by atoms with Gasteiger partial charge in [-0.25, -0.2) is 0 Å². The maximum absolute atomic E-state index is 11.9. The Morgan fingerprint density at radius 3 is 2.50 bits per heavy atom. The second-order valence-corrected chi connectivity index (χ2v) is 5.79. The molecular weight excluding hydrogens is 306 g/mol. The van der Waals surface area contributed by atoms with Crippen LogP contribution in [0.1, 0.15) is 18.1 Å². The van der Waals surface area contributed by atoms with Crippen molar-refractivity contribution in [2.75, 3.05) is 11.9 Å². The fraction of sp³-hybridized carbons (Fsp3) is 0.263. The van der Waals surface area contributed by atoms with Crippen molar-refractivity contribution in [1.29, 1.82) is 0 Å². The number of nitrogens with one attached hydrogen (secondary N) is 1. The van der Waals surface area contributed by atoms with Crippen LogP contribution < -0.4 is 10.1 Å². The number of carbonyl (C=O) groups excluding carboxylic acids is 1. The van der Waals surface area contributed by atoms with E-state index in [1.165, 1.54) is 0 Å². The highest BCUT2D eigenvalue weighted by molar-refractivity contribution is 5.91. The lowest BCUT2D eigenvalue weighted by Gasteiger charge is -2.09. The highest BCUT2D eigenvalue weighted by Gasteiger charge is 2.11. The SMILES string of the molecule is Cc1cccc(OCC(=O)Nc2ccc(CC(C)C(=O)O)cc2)c1. The minimum Gasteiger partial charge on any atom is -0.484 e. The van der Waals surface area contributed by atoms with Gasteiger partial charge in [0.05, 0.1) is 5.92 Å². The third-order valence-corrected chi connectivity index (χ3v) is 3.56. The zero-order chi connectivity index (χ0) is 17.5. The van der Waals surface area contributed by atoms with Crippen LogP contribution in [0.2, 0.25) is 0 Å². The summed E-state index contributed by atoms with van der Waals surface area (Å²) in [6.45, 7) is 3.56. The number of ether oxygens (including phenoxy) is 1. The lowest BCUT2D eigenvalue weighted by Crippen LogP contribution is -2.20. The number of aliphatic carboxylic acids is 1. The Bertz CT molecular complexity index is 710. The van der Waals surface area contributed by atoms with Gasteiger partial charge in [-0.05, 0) is 48.7 Å². The van der Waals surface area contributed by atoms with Gasteiger partial charge in [-0.15, -0.1) is 0 Å². The van der Waals surface area contributed by atoms with E-state index >= 15 is 0 Å². The minimum atomic E-state index is -0.819. The first-order valence-electron chi connectivity index (χ1n) is 7.75. The van der Waals surface area contributed by atoms with Gasteiger partial charge in [0.25, 0.3) is 5.91 Å². The Balaban J connectivity index is 1.84. The molecule has 0 heterocycles. The number of carboxylic acid groups (broad SMARTS) is 1. The Morgan fingerprint density at radius 2 is 1.88 bits per heavy atom. The molecule has 1 unspecified atom stereocenters. The number of aryl methyl sites for hydroxylation is 1. The molecule has 126 valence electrons. The summed E-state index contributed by atoms with van der Waals surface area (Å²) >= 11 is 0. The van der Waals surface area contributed by atoms with Crippen LogP contribution in [0.4, 0.5) is 5.69 Å². The third-order valence-electron chi connectivity index (χ3n) is 3.56. The summed E-state index contributed by atoms with van der Waals surface area (Å²) in [4.78, 5) is 22.8. The number of benzene rings is 2. The van der Waals surface area contributed by atoms with E-state index in [1.54, 1.807) is 25.1 Å². The Labute approximate surface area is 141 Å². The van der Waals surface area contributed by atoms with Crippen molar-refractivity contribution in [2.45, 2.75) is 20.3 Å². The van der Waals surface area contributed by atoms with Crippen LogP contribution in [-0.4, -0.2) is 23.6 Å². The summed E-state index contributed by atoms with van der Waals surface area (Å²) in [6, 6.07) is 14.7. The van der Waals surface area contributed by atoms with Gasteiger partial charge in [-0.3, -0.25) is 9.59 Å². The Morgan fingerprint density at radius 1 is 1.17 bits per heavy atom. The van der Waals surface area contributed by atoms with E-state index in [2.05, 4.69) is 5.32 Å². The molecule has 0 spiro atoms. The summed E-state index contributed by atoms with van der Waals surface area (Å²) in [5.74, 6) is -0.847. The Hall–Kier alpha value is -2.82. The molecule has 1 amide bonds. The number of hydrogen-bond donors (Lipinski definition) is 2. The van der Waals surface area contributed by atoms with Gasteiger partial charge < -0.3 is 15.2 Å². The number of anilines is 1. The number of carbonyl (C=O) groups is 2. The van der Waals surface area contributed by atoms with Crippen molar-refractivity contribution >= 4 is 17.6 Å². The molecule has 0 fully saturated rings. The number of carboxylic acids is 1. The van der Waals surface area contributed by atoms with E-state index in [0.29, 0.717) is 17.9 Å². The van der Waals surface area contributed by atoms with E-state index in [-0.39, 0.29) is 12.5 Å². The summed E-state index contributed by atoms with van der Waals surface area (Å²) in [5.41, 5.74) is 2.64. The maximum Gasteiger partial charge on any atom is 0.306 e. The first kappa shape index (κ1) is 17.5. The predicted octanol–water partition coefficient (Wildman–Crippen LogP) is 3.28. The molecule has 24 heavy (non-hydrogen) atoms. The van der Waals surface area contributed by atoms with Gasteiger partial charge in [0, 0.05) is 5.69 Å². The van der Waals surface area contributed by atoms with Crippen molar-refractivity contribution in [1.82, 2.24) is 0 Å². The molecule has 0 radical (unpaired) electrons. The second kappa shape index (κ2) is 8.15. The molecule has 2 N–H and O–H groups in total. The van der Waals surface area contributed by atoms with Crippen molar-refractivity contribution in [2.24, 2.45) is 5.92 Å². The van der Waals surface area contributed by atoms with Crippen molar-refractivity contribution in [3.8, 4) is 5.75 Å². The molecule has 0 aliphatic carbocycles. The topological polar surface area (TPSA) is 75.6 Å². The first-order valence-corrected chi connectivity index (χ1v) is 7.75. The molecule has 0 aromatic heterocycles. The van der Waals surface area contributed by atoms with Crippen LogP contribution in [0.25, 0.3) is 0 Å². The smallest absolute Gasteiger partial charge is 0.306 e. The molecule has 1 atom stereocenters. The fourth-order valence-electron chi connectivity index (χ4n) is 2.22. The third kappa shape index (κ3) is 5.43. The molecule has 0 aliphatic heterocycles. The van der Waals surface area contributed by atoms with E-state index in [1.807, 2.05) is 37.3 Å².